The molecule has 0 atom stereocenters. The molecule has 0 spiro atoms. The van der Waals surface area contributed by atoms with Gasteiger partial charge in [0.05, 0.1) is 6.42 Å². The van der Waals surface area contributed by atoms with Crippen LogP contribution in [0.15, 0.2) is 18.3 Å². The molecule has 56 valence electrons. The predicted molar refractivity (Wildman–Crippen MR) is 39.6 cm³/mol. The number of hydrogen-bond acceptors (Lipinski definition) is 3. The lowest BCUT2D eigenvalue weighted by molar-refractivity contribution is -0.117. The van der Waals surface area contributed by atoms with Crippen LogP contribution in [0.1, 0.15) is 5.56 Å². The lowest BCUT2D eigenvalue weighted by Gasteiger charge is -2.06. The molecule has 1 amide bonds. The molecule has 0 fully saturated rings. The number of fused-ring (bicyclic) bond motifs is 1. The van der Waals surface area contributed by atoms with Crippen molar-refractivity contribution in [2.24, 2.45) is 5.84 Å². The largest absolute Gasteiger partial charge is 0.273 e. The summed E-state index contributed by atoms with van der Waals surface area (Å²) in [6.07, 6.45) is 2.00. The number of nitrogens with two attached hydrogens (primary N) is 1. The minimum atomic E-state index is -0.0984. The average molecular weight is 149 g/mol. The molecule has 11 heavy (non-hydrogen) atoms. The van der Waals surface area contributed by atoms with Crippen LogP contribution >= 0.6 is 0 Å². The minimum absolute atomic E-state index is 0.0984. The maximum atomic E-state index is 11.0. The van der Waals surface area contributed by atoms with Crippen molar-refractivity contribution in [2.75, 3.05) is 5.01 Å². The van der Waals surface area contributed by atoms with Crippen molar-refractivity contribution < 1.29 is 4.79 Å². The maximum absolute atomic E-state index is 11.0. The van der Waals surface area contributed by atoms with Crippen molar-refractivity contribution >= 4 is 11.7 Å². The number of carbonyl (C=O) groups excluding carboxylic acids is 1. The third kappa shape index (κ3) is 0.798. The summed E-state index contributed by atoms with van der Waals surface area (Å²) in [6, 6.07) is 3.65. The van der Waals surface area contributed by atoms with Gasteiger partial charge in [-0.15, -0.1) is 0 Å². The molecular weight excluding hydrogens is 142 g/mol. The van der Waals surface area contributed by atoms with Crippen LogP contribution in [0.3, 0.4) is 0 Å². The van der Waals surface area contributed by atoms with Crippen LogP contribution in [-0.2, 0) is 11.2 Å². The molecular formula is C7H7N3O. The highest BCUT2D eigenvalue weighted by molar-refractivity contribution is 5.98. The molecule has 0 saturated carbocycles. The first-order valence-electron chi connectivity index (χ1n) is 3.30. The number of carbonyl (C=O) groups is 1. The van der Waals surface area contributed by atoms with E-state index in [0.29, 0.717) is 12.2 Å². The van der Waals surface area contributed by atoms with E-state index in [-0.39, 0.29) is 5.91 Å². The molecule has 0 bridgehead atoms. The molecule has 0 unspecified atom stereocenters. The van der Waals surface area contributed by atoms with Gasteiger partial charge in [-0.1, -0.05) is 6.07 Å². The van der Waals surface area contributed by atoms with E-state index < -0.39 is 0 Å². The Balaban J connectivity index is 2.55. The minimum Gasteiger partial charge on any atom is -0.273 e. The van der Waals surface area contributed by atoms with E-state index >= 15 is 0 Å². The average Bonchev–Trinajstić information content (AvgIpc) is 2.30. The Morgan fingerprint density at radius 3 is 3.18 bits per heavy atom. The third-order valence-corrected chi connectivity index (χ3v) is 1.71. The van der Waals surface area contributed by atoms with Crippen LogP contribution in [0.2, 0.25) is 0 Å². The number of pyridine rings is 1. The van der Waals surface area contributed by atoms with Crippen molar-refractivity contribution in [1.82, 2.24) is 4.98 Å². The van der Waals surface area contributed by atoms with Gasteiger partial charge in [-0.2, -0.15) is 0 Å². The van der Waals surface area contributed by atoms with Gasteiger partial charge < -0.3 is 0 Å². The van der Waals surface area contributed by atoms with E-state index in [2.05, 4.69) is 4.98 Å². The van der Waals surface area contributed by atoms with E-state index in [1.807, 2.05) is 6.07 Å². The van der Waals surface area contributed by atoms with Gasteiger partial charge in [-0.3, -0.25) is 4.79 Å². The Morgan fingerprint density at radius 1 is 1.64 bits per heavy atom. The van der Waals surface area contributed by atoms with E-state index in [0.717, 1.165) is 10.6 Å². The summed E-state index contributed by atoms with van der Waals surface area (Å²) in [6.45, 7) is 0. The number of nitrogens with zero attached hydrogens (tertiary/aromatic N) is 2. The summed E-state index contributed by atoms with van der Waals surface area (Å²) in [4.78, 5) is 15.0. The summed E-state index contributed by atoms with van der Waals surface area (Å²) >= 11 is 0. The van der Waals surface area contributed by atoms with Crippen LogP contribution in [0, 0.1) is 0 Å². The number of amides is 1. The van der Waals surface area contributed by atoms with Crippen molar-refractivity contribution in [3.8, 4) is 0 Å². The second kappa shape index (κ2) is 2.03. The SMILES string of the molecule is NN1C(=O)Cc2cccnc21. The van der Waals surface area contributed by atoms with E-state index in [9.17, 15) is 4.79 Å². The van der Waals surface area contributed by atoms with Gasteiger partial charge in [0.25, 0.3) is 0 Å². The highest BCUT2D eigenvalue weighted by Gasteiger charge is 2.24. The normalized spacial score (nSPS) is 15.4. The highest BCUT2D eigenvalue weighted by atomic mass is 16.2. The van der Waals surface area contributed by atoms with Gasteiger partial charge in [-0.05, 0) is 6.07 Å². The molecule has 4 nitrogen and oxygen atoms in total. The zero-order valence-electron chi connectivity index (χ0n) is 5.82. The van der Waals surface area contributed by atoms with Gasteiger partial charge in [-0.25, -0.2) is 15.8 Å². The van der Waals surface area contributed by atoms with Crippen LogP contribution in [0.25, 0.3) is 0 Å². The molecule has 1 aliphatic heterocycles. The van der Waals surface area contributed by atoms with E-state index in [1.165, 1.54) is 0 Å². The fourth-order valence-corrected chi connectivity index (χ4v) is 1.15. The first-order valence-corrected chi connectivity index (χ1v) is 3.30. The van der Waals surface area contributed by atoms with Gasteiger partial charge in [0.1, 0.15) is 0 Å². The molecule has 0 aromatic carbocycles. The van der Waals surface area contributed by atoms with Gasteiger partial charge >= 0.3 is 0 Å². The molecule has 4 heteroatoms. The zero-order chi connectivity index (χ0) is 7.84. The predicted octanol–water partition coefficient (Wildman–Crippen LogP) is -0.156. The second-order valence-corrected chi connectivity index (χ2v) is 2.43. The zero-order valence-corrected chi connectivity index (χ0v) is 5.82. The van der Waals surface area contributed by atoms with Crippen molar-refractivity contribution in [3.05, 3.63) is 23.9 Å². The molecule has 1 aromatic heterocycles. The summed E-state index contributed by atoms with van der Waals surface area (Å²) in [7, 11) is 0. The second-order valence-electron chi connectivity index (χ2n) is 2.43. The Bertz CT molecular complexity index is 310. The number of anilines is 1. The van der Waals surface area contributed by atoms with Crippen LogP contribution in [0.5, 0.6) is 0 Å². The van der Waals surface area contributed by atoms with Gasteiger partial charge in [0.15, 0.2) is 5.82 Å². The number of aromatic nitrogens is 1. The smallest absolute Gasteiger partial charge is 0.247 e. The standard InChI is InChI=1S/C7H7N3O/c8-10-6(11)4-5-2-1-3-9-7(5)10/h1-3H,4,8H2. The summed E-state index contributed by atoms with van der Waals surface area (Å²) in [5.41, 5.74) is 0.903. The number of hydrazine groups is 1. The summed E-state index contributed by atoms with van der Waals surface area (Å²) in [5.74, 6) is 5.89. The number of rotatable bonds is 0. The Kier molecular flexibility index (Phi) is 1.16. The molecule has 0 aliphatic carbocycles. The summed E-state index contributed by atoms with van der Waals surface area (Å²) < 4.78 is 0. The molecule has 2 heterocycles. The molecule has 2 N–H and O–H groups in total. The van der Waals surface area contributed by atoms with Crippen molar-refractivity contribution in [3.63, 3.8) is 0 Å². The highest BCUT2D eigenvalue weighted by Crippen LogP contribution is 2.22. The number of hydrogen-bond donors (Lipinski definition) is 1. The fourth-order valence-electron chi connectivity index (χ4n) is 1.15. The lowest BCUT2D eigenvalue weighted by Crippen LogP contribution is -2.34. The van der Waals surface area contributed by atoms with E-state index in [4.69, 9.17) is 5.84 Å². The lowest BCUT2D eigenvalue weighted by atomic mass is 10.2. The summed E-state index contributed by atoms with van der Waals surface area (Å²) in [5, 5.41) is 1.09. The Hall–Kier alpha value is -1.42. The Labute approximate surface area is 63.6 Å². The van der Waals surface area contributed by atoms with Crippen LogP contribution in [-0.4, -0.2) is 10.9 Å². The van der Waals surface area contributed by atoms with Crippen molar-refractivity contribution in [1.29, 1.82) is 0 Å². The monoisotopic (exact) mass is 149 g/mol. The van der Waals surface area contributed by atoms with Crippen molar-refractivity contribution in [2.45, 2.75) is 6.42 Å². The quantitative estimate of drug-likeness (QED) is 0.412. The van der Waals surface area contributed by atoms with E-state index in [1.54, 1.807) is 12.3 Å². The third-order valence-electron chi connectivity index (χ3n) is 1.71. The Morgan fingerprint density at radius 2 is 2.45 bits per heavy atom. The first kappa shape index (κ1) is 6.30. The van der Waals surface area contributed by atoms with Crippen LogP contribution in [0.4, 0.5) is 5.82 Å². The van der Waals surface area contributed by atoms with Crippen LogP contribution < -0.4 is 10.9 Å². The molecule has 1 aromatic rings. The topological polar surface area (TPSA) is 59.2 Å². The van der Waals surface area contributed by atoms with Gasteiger partial charge in [0.2, 0.25) is 5.91 Å². The molecule has 0 saturated heterocycles. The fraction of sp³-hybridized carbons (Fsp3) is 0.143. The molecule has 2 rings (SSSR count). The maximum Gasteiger partial charge on any atom is 0.247 e. The van der Waals surface area contributed by atoms with Gasteiger partial charge in [0, 0.05) is 11.8 Å². The first-order chi connectivity index (χ1) is 5.29. The molecule has 0 radical (unpaired) electrons. The molecule has 1 aliphatic rings.